The molecule has 2 aromatic carbocycles. The van der Waals surface area contributed by atoms with Crippen LogP contribution in [0.5, 0.6) is 17.2 Å². The van der Waals surface area contributed by atoms with Gasteiger partial charge in [-0.2, -0.15) is 0 Å². The maximum absolute atomic E-state index is 12.7. The van der Waals surface area contributed by atoms with E-state index in [-0.39, 0.29) is 6.42 Å². The molecule has 0 spiro atoms. The number of halogens is 1. The standard InChI is InChI=1S/C18H22FNO3/c1-21-17-10-14(15(20)8-9-19)16(11-18(17)22-2)23-12-13-6-4-3-5-7-13/h3-7,10-11,15H,8-9,12,20H2,1-2H3/t15-/m1/s1. The molecule has 2 aromatic rings. The van der Waals surface area contributed by atoms with E-state index < -0.39 is 12.7 Å². The minimum atomic E-state index is -0.492. The fourth-order valence-electron chi connectivity index (χ4n) is 2.30. The zero-order valence-corrected chi connectivity index (χ0v) is 13.4. The molecule has 0 aromatic heterocycles. The zero-order valence-electron chi connectivity index (χ0n) is 13.4. The number of nitrogens with two attached hydrogens (primary N) is 1. The Balaban J connectivity index is 2.30. The molecule has 0 bridgehead atoms. The van der Waals surface area contributed by atoms with Gasteiger partial charge < -0.3 is 19.9 Å². The SMILES string of the molecule is COc1cc(OCc2ccccc2)c([C@H](N)CCF)cc1OC. The van der Waals surface area contributed by atoms with Crippen LogP contribution in [0.4, 0.5) is 4.39 Å². The first kappa shape index (κ1) is 17.1. The Hall–Kier alpha value is -2.27. The third kappa shape index (κ3) is 4.36. The van der Waals surface area contributed by atoms with Gasteiger partial charge in [-0.05, 0) is 18.1 Å². The second kappa shape index (κ2) is 8.39. The Morgan fingerprint density at radius 2 is 1.65 bits per heavy atom. The Labute approximate surface area is 136 Å². The van der Waals surface area contributed by atoms with Gasteiger partial charge in [0, 0.05) is 17.7 Å². The van der Waals surface area contributed by atoms with Crippen LogP contribution in [0.2, 0.25) is 0 Å². The Bertz CT molecular complexity index is 619. The van der Waals surface area contributed by atoms with Crippen LogP contribution in [-0.4, -0.2) is 20.9 Å². The number of rotatable bonds is 8. The van der Waals surface area contributed by atoms with Crippen molar-refractivity contribution >= 4 is 0 Å². The highest BCUT2D eigenvalue weighted by atomic mass is 19.1. The molecule has 0 heterocycles. The zero-order chi connectivity index (χ0) is 16.7. The monoisotopic (exact) mass is 319 g/mol. The molecule has 0 unspecified atom stereocenters. The maximum Gasteiger partial charge on any atom is 0.164 e. The van der Waals surface area contributed by atoms with Gasteiger partial charge >= 0.3 is 0 Å². The van der Waals surface area contributed by atoms with Gasteiger partial charge in [0.2, 0.25) is 0 Å². The summed E-state index contributed by atoms with van der Waals surface area (Å²) >= 11 is 0. The highest BCUT2D eigenvalue weighted by Crippen LogP contribution is 2.38. The first-order valence-electron chi connectivity index (χ1n) is 7.43. The van der Waals surface area contributed by atoms with Crippen molar-refractivity contribution in [2.45, 2.75) is 19.1 Å². The molecule has 124 valence electrons. The van der Waals surface area contributed by atoms with E-state index in [4.69, 9.17) is 19.9 Å². The number of hydrogen-bond donors (Lipinski definition) is 1. The molecule has 0 aliphatic heterocycles. The molecular weight excluding hydrogens is 297 g/mol. The van der Waals surface area contributed by atoms with Crippen molar-refractivity contribution in [1.82, 2.24) is 0 Å². The van der Waals surface area contributed by atoms with Crippen molar-refractivity contribution in [2.24, 2.45) is 5.73 Å². The quantitative estimate of drug-likeness (QED) is 0.807. The smallest absolute Gasteiger partial charge is 0.164 e. The van der Waals surface area contributed by atoms with Crippen LogP contribution >= 0.6 is 0 Å². The van der Waals surface area contributed by atoms with Crippen molar-refractivity contribution < 1.29 is 18.6 Å². The van der Waals surface area contributed by atoms with Crippen LogP contribution in [0, 0.1) is 0 Å². The van der Waals surface area contributed by atoms with Gasteiger partial charge in [0.15, 0.2) is 11.5 Å². The molecule has 0 saturated heterocycles. The van der Waals surface area contributed by atoms with Gasteiger partial charge in [-0.1, -0.05) is 30.3 Å². The highest BCUT2D eigenvalue weighted by molar-refractivity contribution is 5.51. The third-order valence-corrected chi connectivity index (χ3v) is 3.57. The summed E-state index contributed by atoms with van der Waals surface area (Å²) in [5.41, 5.74) is 7.81. The summed E-state index contributed by atoms with van der Waals surface area (Å²) in [7, 11) is 3.10. The lowest BCUT2D eigenvalue weighted by Gasteiger charge is -2.19. The molecule has 5 heteroatoms. The fraction of sp³-hybridized carbons (Fsp3) is 0.333. The molecule has 0 aliphatic rings. The van der Waals surface area contributed by atoms with Gasteiger partial charge in [0.1, 0.15) is 12.4 Å². The molecule has 0 aliphatic carbocycles. The van der Waals surface area contributed by atoms with Gasteiger partial charge in [0.25, 0.3) is 0 Å². The van der Waals surface area contributed by atoms with Crippen LogP contribution < -0.4 is 19.9 Å². The topological polar surface area (TPSA) is 53.7 Å². The van der Waals surface area contributed by atoms with E-state index in [1.807, 2.05) is 30.3 Å². The van der Waals surface area contributed by atoms with Crippen LogP contribution in [0.1, 0.15) is 23.6 Å². The lowest BCUT2D eigenvalue weighted by Crippen LogP contribution is -2.13. The van der Waals surface area contributed by atoms with E-state index in [9.17, 15) is 4.39 Å². The normalized spacial score (nSPS) is 11.8. The van der Waals surface area contributed by atoms with E-state index >= 15 is 0 Å². The van der Waals surface area contributed by atoms with E-state index in [1.165, 1.54) is 0 Å². The van der Waals surface area contributed by atoms with E-state index in [0.717, 1.165) is 5.56 Å². The Morgan fingerprint density at radius 1 is 1.00 bits per heavy atom. The van der Waals surface area contributed by atoms with Crippen molar-refractivity contribution in [3.8, 4) is 17.2 Å². The number of benzene rings is 2. The highest BCUT2D eigenvalue weighted by Gasteiger charge is 2.17. The Morgan fingerprint density at radius 3 is 2.26 bits per heavy atom. The van der Waals surface area contributed by atoms with Crippen LogP contribution in [0.25, 0.3) is 0 Å². The van der Waals surface area contributed by atoms with Gasteiger partial charge in [0.05, 0.1) is 20.9 Å². The molecule has 2 rings (SSSR count). The van der Waals surface area contributed by atoms with Gasteiger partial charge in [-0.15, -0.1) is 0 Å². The largest absolute Gasteiger partial charge is 0.493 e. The summed E-state index contributed by atoms with van der Waals surface area (Å²) in [5.74, 6) is 1.67. The first-order chi connectivity index (χ1) is 11.2. The third-order valence-electron chi connectivity index (χ3n) is 3.57. The fourth-order valence-corrected chi connectivity index (χ4v) is 2.30. The molecule has 1 atom stereocenters. The second-order valence-electron chi connectivity index (χ2n) is 5.10. The molecule has 0 saturated carbocycles. The number of alkyl halides is 1. The predicted molar refractivity (Wildman–Crippen MR) is 87.8 cm³/mol. The van der Waals surface area contributed by atoms with Gasteiger partial charge in [-0.3, -0.25) is 4.39 Å². The average Bonchev–Trinajstić information content (AvgIpc) is 2.60. The lowest BCUT2D eigenvalue weighted by molar-refractivity contribution is 0.293. The van der Waals surface area contributed by atoms with Crippen LogP contribution in [-0.2, 0) is 6.61 Å². The summed E-state index contributed by atoms with van der Waals surface area (Å²) in [4.78, 5) is 0. The van der Waals surface area contributed by atoms with Crippen LogP contribution in [0.15, 0.2) is 42.5 Å². The summed E-state index contributed by atoms with van der Waals surface area (Å²) in [6.45, 7) is -0.0979. The van der Waals surface area contributed by atoms with Crippen molar-refractivity contribution in [1.29, 1.82) is 0 Å². The van der Waals surface area contributed by atoms with Crippen molar-refractivity contribution in [2.75, 3.05) is 20.9 Å². The number of hydrogen-bond acceptors (Lipinski definition) is 4. The molecular formula is C18H22FNO3. The summed E-state index contributed by atoms with van der Waals surface area (Å²) in [6, 6.07) is 12.8. The summed E-state index contributed by atoms with van der Waals surface area (Å²) < 4.78 is 29.2. The second-order valence-corrected chi connectivity index (χ2v) is 5.10. The van der Waals surface area contributed by atoms with Gasteiger partial charge in [-0.25, -0.2) is 0 Å². The molecule has 0 radical (unpaired) electrons. The summed E-state index contributed by atoms with van der Waals surface area (Å²) in [6.07, 6.45) is 0.219. The van der Waals surface area contributed by atoms with Crippen molar-refractivity contribution in [3.05, 3.63) is 53.6 Å². The minimum absolute atomic E-state index is 0.219. The summed E-state index contributed by atoms with van der Waals surface area (Å²) in [5, 5.41) is 0. The number of ether oxygens (including phenoxy) is 3. The first-order valence-corrected chi connectivity index (χ1v) is 7.43. The van der Waals surface area contributed by atoms with Crippen LogP contribution in [0.3, 0.4) is 0 Å². The Kier molecular flexibility index (Phi) is 6.23. The van der Waals surface area contributed by atoms with E-state index in [1.54, 1.807) is 26.4 Å². The molecule has 0 amide bonds. The molecule has 23 heavy (non-hydrogen) atoms. The minimum Gasteiger partial charge on any atom is -0.493 e. The predicted octanol–water partition coefficient (Wildman–Crippen LogP) is 3.64. The van der Waals surface area contributed by atoms with Crippen molar-refractivity contribution in [3.63, 3.8) is 0 Å². The maximum atomic E-state index is 12.7. The molecule has 2 N–H and O–H groups in total. The van der Waals surface area contributed by atoms with E-state index in [0.29, 0.717) is 29.4 Å². The van der Waals surface area contributed by atoms with E-state index in [2.05, 4.69) is 0 Å². The number of methoxy groups -OCH3 is 2. The lowest BCUT2D eigenvalue weighted by atomic mass is 10.0. The molecule has 4 nitrogen and oxygen atoms in total. The molecule has 0 fully saturated rings. The average molecular weight is 319 g/mol.